The summed E-state index contributed by atoms with van der Waals surface area (Å²) in [6, 6.07) is 11.6. The fourth-order valence-corrected chi connectivity index (χ4v) is 4.97. The van der Waals surface area contributed by atoms with Crippen LogP contribution < -0.4 is 19.1 Å². The zero-order valence-corrected chi connectivity index (χ0v) is 23.0. The van der Waals surface area contributed by atoms with Gasteiger partial charge in [-0.1, -0.05) is 38.1 Å². The van der Waals surface area contributed by atoms with Crippen LogP contribution in [0.15, 0.2) is 42.5 Å². The molecule has 2 amide bonds. The van der Waals surface area contributed by atoms with Crippen molar-refractivity contribution in [3.05, 3.63) is 53.6 Å². The van der Waals surface area contributed by atoms with Gasteiger partial charge >= 0.3 is 0 Å². The van der Waals surface area contributed by atoms with Gasteiger partial charge in [-0.3, -0.25) is 13.9 Å². The van der Waals surface area contributed by atoms with Gasteiger partial charge in [0, 0.05) is 18.7 Å². The van der Waals surface area contributed by atoms with E-state index in [1.807, 2.05) is 52.0 Å². The molecule has 10 heteroatoms. The molecule has 2 aromatic rings. The molecule has 0 unspecified atom stereocenters. The van der Waals surface area contributed by atoms with Gasteiger partial charge in [-0.2, -0.15) is 0 Å². The highest BCUT2D eigenvalue weighted by Gasteiger charge is 2.32. The fourth-order valence-electron chi connectivity index (χ4n) is 4.13. The molecule has 1 heterocycles. The molecule has 3 rings (SSSR count). The Labute approximate surface area is 219 Å². The normalized spacial score (nSPS) is 14.4. The van der Waals surface area contributed by atoms with Crippen molar-refractivity contribution in [3.8, 4) is 11.5 Å². The van der Waals surface area contributed by atoms with Gasteiger partial charge < -0.3 is 19.7 Å². The number of rotatable bonds is 11. The summed E-state index contributed by atoms with van der Waals surface area (Å²) in [7, 11) is -3.84. The van der Waals surface area contributed by atoms with Crippen LogP contribution in [0.2, 0.25) is 0 Å². The van der Waals surface area contributed by atoms with Crippen LogP contribution in [-0.2, 0) is 26.2 Å². The summed E-state index contributed by atoms with van der Waals surface area (Å²) < 4.78 is 37.9. The second-order valence-electron chi connectivity index (χ2n) is 9.29. The fraction of sp³-hybridized carbons (Fsp3) is 0.481. The number of carbonyl (C=O) groups is 2. The van der Waals surface area contributed by atoms with Crippen LogP contribution >= 0.6 is 0 Å². The lowest BCUT2D eigenvalue weighted by atomic mass is 10.1. The van der Waals surface area contributed by atoms with Gasteiger partial charge in [-0.15, -0.1) is 0 Å². The second-order valence-corrected chi connectivity index (χ2v) is 11.2. The molecule has 0 spiro atoms. The van der Waals surface area contributed by atoms with Crippen LogP contribution in [0.25, 0.3) is 0 Å². The lowest BCUT2D eigenvalue weighted by molar-refractivity contribution is -0.140. The molecule has 0 aromatic heterocycles. The molecule has 2 aromatic carbocycles. The third-order valence-corrected chi connectivity index (χ3v) is 7.62. The number of hydrogen-bond donors (Lipinski definition) is 1. The zero-order chi connectivity index (χ0) is 27.2. The minimum Gasteiger partial charge on any atom is -0.486 e. The van der Waals surface area contributed by atoms with Crippen molar-refractivity contribution in [2.75, 3.05) is 30.3 Å². The number of amides is 2. The maximum atomic E-state index is 13.8. The number of benzene rings is 2. The maximum Gasteiger partial charge on any atom is 0.244 e. The van der Waals surface area contributed by atoms with Gasteiger partial charge in [0.25, 0.3) is 0 Å². The molecule has 1 aliphatic rings. The number of hydrogen-bond acceptors (Lipinski definition) is 6. The molecule has 1 N–H and O–H groups in total. The number of nitrogens with zero attached hydrogens (tertiary/aromatic N) is 2. The van der Waals surface area contributed by atoms with E-state index >= 15 is 0 Å². The lowest BCUT2D eigenvalue weighted by Crippen LogP contribution is -2.53. The van der Waals surface area contributed by atoms with Gasteiger partial charge in [0.2, 0.25) is 21.8 Å². The van der Waals surface area contributed by atoms with E-state index < -0.39 is 28.5 Å². The minimum atomic E-state index is -3.84. The van der Waals surface area contributed by atoms with Crippen molar-refractivity contribution < 1.29 is 27.5 Å². The molecular weight excluding hydrogens is 494 g/mol. The van der Waals surface area contributed by atoms with E-state index in [4.69, 9.17) is 9.47 Å². The number of carbonyl (C=O) groups excluding carboxylic acids is 2. The SMILES string of the molecule is CC[C@@H](C)NC(=O)[C@@H](CC)N(Cc1ccccc1C)C(=O)CN(c1ccc2c(c1)OCCO2)S(C)(=O)=O. The van der Waals surface area contributed by atoms with E-state index in [0.29, 0.717) is 31.1 Å². The summed E-state index contributed by atoms with van der Waals surface area (Å²) in [6.45, 7) is 8.14. The predicted octanol–water partition coefficient (Wildman–Crippen LogP) is 3.25. The monoisotopic (exact) mass is 531 g/mol. The minimum absolute atomic E-state index is 0.0535. The molecule has 1 aliphatic heterocycles. The Kier molecular flexibility index (Phi) is 9.42. The highest BCUT2D eigenvalue weighted by atomic mass is 32.2. The summed E-state index contributed by atoms with van der Waals surface area (Å²) in [5, 5.41) is 2.97. The summed E-state index contributed by atoms with van der Waals surface area (Å²) >= 11 is 0. The summed E-state index contributed by atoms with van der Waals surface area (Å²) in [6.07, 6.45) is 2.18. The first-order valence-corrected chi connectivity index (χ1v) is 14.4. The van der Waals surface area contributed by atoms with Crippen LogP contribution in [0.1, 0.15) is 44.7 Å². The van der Waals surface area contributed by atoms with E-state index in [2.05, 4.69) is 5.32 Å². The molecular formula is C27H37N3O6S. The number of aryl methyl sites for hydroxylation is 1. The Morgan fingerprint density at radius 1 is 1.03 bits per heavy atom. The van der Waals surface area contributed by atoms with Crippen LogP contribution in [0.5, 0.6) is 11.5 Å². The molecule has 202 valence electrons. The van der Waals surface area contributed by atoms with Gasteiger partial charge in [-0.05, 0) is 49.9 Å². The first-order chi connectivity index (χ1) is 17.5. The molecule has 2 atom stereocenters. The predicted molar refractivity (Wildman–Crippen MR) is 143 cm³/mol. The number of anilines is 1. The number of fused-ring (bicyclic) bond motifs is 1. The van der Waals surface area contributed by atoms with Crippen molar-refractivity contribution in [1.29, 1.82) is 0 Å². The van der Waals surface area contributed by atoms with E-state index in [-0.39, 0.29) is 24.2 Å². The Hall–Kier alpha value is -3.27. The second kappa shape index (κ2) is 12.3. The summed E-state index contributed by atoms with van der Waals surface area (Å²) in [5.41, 5.74) is 2.15. The zero-order valence-electron chi connectivity index (χ0n) is 22.2. The highest BCUT2D eigenvalue weighted by Crippen LogP contribution is 2.34. The molecule has 37 heavy (non-hydrogen) atoms. The van der Waals surface area contributed by atoms with Crippen LogP contribution in [0.3, 0.4) is 0 Å². The molecule has 0 radical (unpaired) electrons. The van der Waals surface area contributed by atoms with Crippen LogP contribution in [0.4, 0.5) is 5.69 Å². The molecule has 0 saturated carbocycles. The number of nitrogens with one attached hydrogen (secondary N) is 1. The third-order valence-electron chi connectivity index (χ3n) is 6.48. The largest absolute Gasteiger partial charge is 0.486 e. The van der Waals surface area contributed by atoms with Gasteiger partial charge in [0.1, 0.15) is 25.8 Å². The van der Waals surface area contributed by atoms with Gasteiger partial charge in [0.15, 0.2) is 11.5 Å². The van der Waals surface area contributed by atoms with Crippen LogP contribution in [-0.4, -0.2) is 63.2 Å². The first-order valence-electron chi connectivity index (χ1n) is 12.6. The lowest BCUT2D eigenvalue weighted by Gasteiger charge is -2.34. The first kappa shape index (κ1) is 28.3. The standard InChI is InChI=1S/C27H37N3O6S/c1-6-20(4)28-27(32)23(7-2)29(17-21-11-9-8-10-19(21)3)26(31)18-30(37(5,33)34)22-12-13-24-25(16-22)36-15-14-35-24/h8-13,16,20,23H,6-7,14-15,17-18H2,1-5H3,(H,28,32)/t20-,23-/m1/s1. The molecule has 0 saturated heterocycles. The van der Waals surface area contributed by atoms with E-state index in [1.54, 1.807) is 18.2 Å². The summed E-state index contributed by atoms with van der Waals surface area (Å²) in [5.74, 6) is 0.198. The Morgan fingerprint density at radius 2 is 1.70 bits per heavy atom. The van der Waals surface area contributed by atoms with Gasteiger partial charge in [0.05, 0.1) is 11.9 Å². The molecule has 0 fully saturated rings. The highest BCUT2D eigenvalue weighted by molar-refractivity contribution is 7.92. The quantitative estimate of drug-likeness (QED) is 0.477. The maximum absolute atomic E-state index is 13.8. The van der Waals surface area contributed by atoms with Crippen molar-refractivity contribution in [1.82, 2.24) is 10.2 Å². The average Bonchev–Trinajstić information content (AvgIpc) is 2.87. The van der Waals surface area contributed by atoms with Crippen molar-refractivity contribution >= 4 is 27.5 Å². The Morgan fingerprint density at radius 3 is 2.32 bits per heavy atom. The molecule has 9 nitrogen and oxygen atoms in total. The smallest absolute Gasteiger partial charge is 0.244 e. The third kappa shape index (κ3) is 7.15. The van der Waals surface area contributed by atoms with Gasteiger partial charge in [-0.25, -0.2) is 8.42 Å². The molecule has 0 bridgehead atoms. The Bertz CT molecular complexity index is 1220. The average molecular weight is 532 g/mol. The van der Waals surface area contributed by atoms with Crippen LogP contribution in [0, 0.1) is 6.92 Å². The number of sulfonamides is 1. The van der Waals surface area contributed by atoms with Crippen molar-refractivity contribution in [2.45, 2.75) is 59.2 Å². The topological polar surface area (TPSA) is 105 Å². The van der Waals surface area contributed by atoms with E-state index in [1.165, 1.54) is 4.90 Å². The van der Waals surface area contributed by atoms with Crippen molar-refractivity contribution in [3.63, 3.8) is 0 Å². The van der Waals surface area contributed by atoms with E-state index in [9.17, 15) is 18.0 Å². The summed E-state index contributed by atoms with van der Waals surface area (Å²) in [4.78, 5) is 28.5. The van der Waals surface area contributed by atoms with E-state index in [0.717, 1.165) is 28.1 Å². The Balaban J connectivity index is 1.96. The molecule has 0 aliphatic carbocycles. The van der Waals surface area contributed by atoms with Crippen molar-refractivity contribution in [2.24, 2.45) is 0 Å². The number of ether oxygens (including phenoxy) is 2.